The molecule has 0 radical (unpaired) electrons. The molecule has 1 unspecified atom stereocenters. The number of rotatable bonds is 5. The van der Waals surface area contributed by atoms with Crippen molar-refractivity contribution in [2.75, 3.05) is 20.1 Å². The molecule has 0 amide bonds. The smallest absolute Gasteiger partial charge is 0.120 e. The summed E-state index contributed by atoms with van der Waals surface area (Å²) in [6, 6.07) is 17.9. The Hall–Kier alpha value is -1.71. The van der Waals surface area contributed by atoms with Crippen molar-refractivity contribution in [3.05, 3.63) is 66.0 Å². The summed E-state index contributed by atoms with van der Waals surface area (Å²) in [6.45, 7) is 4.76. The van der Waals surface area contributed by atoms with Gasteiger partial charge >= 0.3 is 0 Å². The summed E-state index contributed by atoms with van der Waals surface area (Å²) in [5.41, 5.74) is 2.67. The Morgan fingerprint density at radius 1 is 1.05 bits per heavy atom. The number of pyridine rings is 1. The van der Waals surface area contributed by atoms with E-state index in [0.29, 0.717) is 0 Å². The van der Waals surface area contributed by atoms with Gasteiger partial charge in [-0.2, -0.15) is 0 Å². The third-order valence-electron chi connectivity index (χ3n) is 4.87. The maximum atomic E-state index is 4.46. The third kappa shape index (κ3) is 4.15. The third-order valence-corrected chi connectivity index (χ3v) is 4.87. The van der Waals surface area contributed by atoms with Crippen molar-refractivity contribution in [1.82, 2.24) is 4.98 Å². The number of likely N-dealkylation sites (tertiary alicyclic amines) is 1. The van der Waals surface area contributed by atoms with E-state index in [4.69, 9.17) is 0 Å². The first-order chi connectivity index (χ1) is 10.8. The fourth-order valence-corrected chi connectivity index (χ4v) is 3.52. The largest absolute Gasteiger partial charge is 0.331 e. The molecule has 3 nitrogen and oxygen atoms in total. The molecule has 2 N–H and O–H groups in total. The molecule has 0 bridgehead atoms. The van der Waals surface area contributed by atoms with Crippen molar-refractivity contribution < 1.29 is 9.80 Å². The zero-order chi connectivity index (χ0) is 15.2. The average Bonchev–Trinajstić information content (AvgIpc) is 2.57. The van der Waals surface area contributed by atoms with Gasteiger partial charge < -0.3 is 9.80 Å². The van der Waals surface area contributed by atoms with Crippen molar-refractivity contribution in [1.29, 1.82) is 0 Å². The fraction of sp³-hybridized carbons (Fsp3) is 0.421. The van der Waals surface area contributed by atoms with Crippen LogP contribution in [0.5, 0.6) is 0 Å². The molecule has 0 saturated carbocycles. The second-order valence-electron chi connectivity index (χ2n) is 6.53. The number of nitrogens with zero attached hydrogens (tertiary/aromatic N) is 1. The lowest BCUT2D eigenvalue weighted by Crippen LogP contribution is -3.18. The van der Waals surface area contributed by atoms with Crippen LogP contribution in [0, 0.1) is 0 Å². The van der Waals surface area contributed by atoms with Crippen LogP contribution in [0.25, 0.3) is 0 Å². The van der Waals surface area contributed by atoms with E-state index in [9.17, 15) is 0 Å². The lowest BCUT2D eigenvalue weighted by atomic mass is 10.0. The van der Waals surface area contributed by atoms with Gasteiger partial charge in [-0.3, -0.25) is 4.98 Å². The van der Waals surface area contributed by atoms with Crippen molar-refractivity contribution >= 4 is 0 Å². The summed E-state index contributed by atoms with van der Waals surface area (Å²) >= 11 is 0. The van der Waals surface area contributed by atoms with Gasteiger partial charge in [0, 0.05) is 24.6 Å². The highest BCUT2D eigenvalue weighted by molar-refractivity contribution is 5.13. The SMILES string of the molecule is C[NH+](Cc1ccccc1)C1CC[NH+](Cc2ccccn2)CC1. The predicted octanol–water partition coefficient (Wildman–Crippen LogP) is 0.344. The number of hydrogen-bond donors (Lipinski definition) is 2. The van der Waals surface area contributed by atoms with Gasteiger partial charge in [0.1, 0.15) is 13.1 Å². The Morgan fingerprint density at radius 2 is 1.77 bits per heavy atom. The van der Waals surface area contributed by atoms with Crippen LogP contribution in [0.1, 0.15) is 24.1 Å². The van der Waals surface area contributed by atoms with Crippen LogP contribution >= 0.6 is 0 Å². The molecule has 1 aliphatic rings. The summed E-state index contributed by atoms with van der Waals surface area (Å²) in [5, 5.41) is 0. The second-order valence-corrected chi connectivity index (χ2v) is 6.53. The molecule has 2 aromatic rings. The van der Waals surface area contributed by atoms with Gasteiger partial charge in [-0.15, -0.1) is 0 Å². The molecule has 116 valence electrons. The maximum absolute atomic E-state index is 4.46. The van der Waals surface area contributed by atoms with E-state index in [1.807, 2.05) is 12.3 Å². The van der Waals surface area contributed by atoms with Crippen LogP contribution in [0.3, 0.4) is 0 Å². The number of nitrogens with one attached hydrogen (secondary N) is 2. The van der Waals surface area contributed by atoms with Crippen LogP contribution in [0.4, 0.5) is 0 Å². The van der Waals surface area contributed by atoms with Gasteiger partial charge in [0.15, 0.2) is 0 Å². The quantitative estimate of drug-likeness (QED) is 0.816. The summed E-state index contributed by atoms with van der Waals surface area (Å²) in [4.78, 5) is 7.80. The second kappa shape index (κ2) is 7.52. The number of piperidine rings is 1. The molecule has 2 heterocycles. The highest BCUT2D eigenvalue weighted by Gasteiger charge is 2.27. The van der Waals surface area contributed by atoms with Crippen molar-refractivity contribution in [2.24, 2.45) is 0 Å². The molecule has 0 aliphatic carbocycles. The molecule has 3 heteroatoms. The van der Waals surface area contributed by atoms with Crippen LogP contribution in [0.2, 0.25) is 0 Å². The van der Waals surface area contributed by atoms with Gasteiger partial charge in [0.05, 0.1) is 31.9 Å². The van der Waals surface area contributed by atoms with E-state index >= 15 is 0 Å². The Bertz CT molecular complexity index is 547. The van der Waals surface area contributed by atoms with Gasteiger partial charge in [0.25, 0.3) is 0 Å². The Kier molecular flexibility index (Phi) is 5.20. The zero-order valence-corrected chi connectivity index (χ0v) is 13.5. The summed E-state index contributed by atoms with van der Waals surface area (Å²) in [5.74, 6) is 0. The van der Waals surface area contributed by atoms with E-state index in [2.05, 4.69) is 54.5 Å². The van der Waals surface area contributed by atoms with Gasteiger partial charge in [-0.05, 0) is 12.1 Å². The van der Waals surface area contributed by atoms with E-state index in [1.54, 1.807) is 9.80 Å². The first-order valence-electron chi connectivity index (χ1n) is 8.41. The summed E-state index contributed by atoms with van der Waals surface area (Å²) in [7, 11) is 2.35. The highest BCUT2D eigenvalue weighted by atomic mass is 15.2. The van der Waals surface area contributed by atoms with Gasteiger partial charge in [-0.1, -0.05) is 36.4 Å². The Balaban J connectivity index is 1.47. The molecule has 1 saturated heterocycles. The van der Waals surface area contributed by atoms with Crippen molar-refractivity contribution in [2.45, 2.75) is 32.0 Å². The highest BCUT2D eigenvalue weighted by Crippen LogP contribution is 2.00. The van der Waals surface area contributed by atoms with E-state index < -0.39 is 0 Å². The number of aromatic nitrogens is 1. The molecule has 1 aliphatic heterocycles. The van der Waals surface area contributed by atoms with E-state index in [1.165, 1.54) is 37.2 Å². The van der Waals surface area contributed by atoms with Crippen LogP contribution < -0.4 is 9.80 Å². The monoisotopic (exact) mass is 297 g/mol. The minimum atomic E-state index is 0.799. The lowest BCUT2D eigenvalue weighted by Gasteiger charge is -2.32. The molecule has 22 heavy (non-hydrogen) atoms. The van der Waals surface area contributed by atoms with Crippen LogP contribution in [0.15, 0.2) is 54.7 Å². The lowest BCUT2D eigenvalue weighted by molar-refractivity contribution is -0.960. The number of hydrogen-bond acceptors (Lipinski definition) is 1. The Labute approximate surface area is 133 Å². The average molecular weight is 297 g/mol. The van der Waals surface area contributed by atoms with Gasteiger partial charge in [0.2, 0.25) is 0 Å². The molecule has 1 fully saturated rings. The number of benzene rings is 1. The van der Waals surface area contributed by atoms with Crippen molar-refractivity contribution in [3.8, 4) is 0 Å². The predicted molar refractivity (Wildman–Crippen MR) is 88.7 cm³/mol. The molecule has 0 spiro atoms. The number of quaternary nitrogens is 2. The Morgan fingerprint density at radius 3 is 2.45 bits per heavy atom. The minimum absolute atomic E-state index is 0.799. The fourth-order valence-electron chi connectivity index (χ4n) is 3.52. The first-order valence-corrected chi connectivity index (χ1v) is 8.41. The van der Waals surface area contributed by atoms with Crippen LogP contribution in [-0.2, 0) is 13.1 Å². The molecular formula is C19H27N3+2. The zero-order valence-electron chi connectivity index (χ0n) is 13.5. The summed E-state index contributed by atoms with van der Waals surface area (Å²) in [6.07, 6.45) is 4.54. The molecule has 3 rings (SSSR count). The maximum Gasteiger partial charge on any atom is 0.120 e. The minimum Gasteiger partial charge on any atom is -0.331 e. The molecular weight excluding hydrogens is 270 g/mol. The normalized spacial score (nSPS) is 23.1. The molecule has 1 atom stereocenters. The van der Waals surface area contributed by atoms with E-state index in [0.717, 1.165) is 19.1 Å². The van der Waals surface area contributed by atoms with Crippen LogP contribution in [-0.4, -0.2) is 31.2 Å². The topological polar surface area (TPSA) is 21.8 Å². The molecule has 1 aromatic carbocycles. The summed E-state index contributed by atoms with van der Waals surface area (Å²) < 4.78 is 0. The van der Waals surface area contributed by atoms with Gasteiger partial charge in [-0.25, -0.2) is 0 Å². The van der Waals surface area contributed by atoms with E-state index in [-0.39, 0.29) is 0 Å². The standard InChI is InChI=1S/C19H25N3/c1-21(15-17-7-3-2-4-8-17)19-10-13-22(14-11-19)16-18-9-5-6-12-20-18/h2-9,12,19H,10-11,13-16H2,1H3/p+2. The molecule has 1 aromatic heterocycles. The first kappa shape index (κ1) is 15.2. The van der Waals surface area contributed by atoms with Crippen molar-refractivity contribution in [3.63, 3.8) is 0 Å².